The number of halogens is 3. The molecule has 0 bridgehead atoms. The van der Waals surface area contributed by atoms with Gasteiger partial charge in [-0.15, -0.1) is 0 Å². The van der Waals surface area contributed by atoms with Gasteiger partial charge in [0.05, 0.1) is 12.0 Å². The average molecular weight is 250 g/mol. The summed E-state index contributed by atoms with van der Waals surface area (Å²) in [6, 6.07) is 0. The Balaban J connectivity index is 1.78. The van der Waals surface area contributed by atoms with E-state index in [1.54, 1.807) is 0 Å². The van der Waals surface area contributed by atoms with Crippen molar-refractivity contribution < 1.29 is 18.3 Å². The van der Waals surface area contributed by atoms with E-state index < -0.39 is 18.2 Å². The van der Waals surface area contributed by atoms with Crippen molar-refractivity contribution >= 4 is 0 Å². The van der Waals surface area contributed by atoms with Gasteiger partial charge in [-0.1, -0.05) is 19.3 Å². The minimum atomic E-state index is -4.07. The number of aliphatic hydroxyl groups excluding tert-OH is 1. The smallest absolute Gasteiger partial charge is 0.391 e. The van der Waals surface area contributed by atoms with Crippen LogP contribution in [0.3, 0.4) is 0 Å². The molecule has 3 atom stereocenters. The Bertz CT molecular complexity index is 248. The van der Waals surface area contributed by atoms with Crippen LogP contribution < -0.4 is 0 Å². The van der Waals surface area contributed by atoms with Crippen LogP contribution in [0.1, 0.15) is 51.4 Å². The number of aliphatic hydroxyl groups is 1. The van der Waals surface area contributed by atoms with Crippen molar-refractivity contribution in [3.05, 3.63) is 0 Å². The molecule has 0 amide bonds. The molecule has 0 heterocycles. The lowest BCUT2D eigenvalue weighted by atomic mass is 9.77. The summed E-state index contributed by atoms with van der Waals surface area (Å²) in [4.78, 5) is 0. The lowest BCUT2D eigenvalue weighted by Gasteiger charge is -2.33. The summed E-state index contributed by atoms with van der Waals surface area (Å²) in [6.45, 7) is 0. The molecule has 3 unspecified atom stereocenters. The highest BCUT2D eigenvalue weighted by Crippen LogP contribution is 2.42. The molecule has 0 aromatic rings. The summed E-state index contributed by atoms with van der Waals surface area (Å²) >= 11 is 0. The van der Waals surface area contributed by atoms with Crippen molar-refractivity contribution in [1.29, 1.82) is 0 Å². The van der Waals surface area contributed by atoms with Gasteiger partial charge in [0.2, 0.25) is 0 Å². The molecule has 100 valence electrons. The second-order valence-corrected chi connectivity index (χ2v) is 5.75. The zero-order valence-electron chi connectivity index (χ0n) is 10.0. The minimum Gasteiger partial charge on any atom is -0.393 e. The van der Waals surface area contributed by atoms with E-state index in [-0.39, 0.29) is 18.8 Å². The first-order valence-electron chi connectivity index (χ1n) is 6.71. The number of rotatable bonds is 4. The molecular weight excluding hydrogens is 229 g/mol. The van der Waals surface area contributed by atoms with E-state index in [1.807, 2.05) is 0 Å². The maximum atomic E-state index is 12.6. The zero-order valence-corrected chi connectivity index (χ0v) is 10.0. The molecular formula is C13H21F3O. The highest BCUT2D eigenvalue weighted by atomic mass is 19.4. The standard InChI is InChI=1S/C13H21F3O/c14-13(15,16)11-3-1-2-10(8-11)12(17)7-6-9-4-5-9/h9-12,17H,1-8H2. The predicted octanol–water partition coefficient (Wildman–Crippen LogP) is 3.91. The Kier molecular flexibility index (Phi) is 4.01. The Morgan fingerprint density at radius 1 is 1.12 bits per heavy atom. The Morgan fingerprint density at radius 3 is 2.41 bits per heavy atom. The van der Waals surface area contributed by atoms with Gasteiger partial charge in [0, 0.05) is 0 Å². The van der Waals surface area contributed by atoms with Crippen molar-refractivity contribution in [3.8, 4) is 0 Å². The van der Waals surface area contributed by atoms with E-state index in [0.29, 0.717) is 12.8 Å². The van der Waals surface area contributed by atoms with Crippen molar-refractivity contribution in [2.24, 2.45) is 17.8 Å². The Hall–Kier alpha value is -0.250. The summed E-state index contributed by atoms with van der Waals surface area (Å²) in [7, 11) is 0. The van der Waals surface area contributed by atoms with Gasteiger partial charge in [-0.2, -0.15) is 13.2 Å². The normalized spacial score (nSPS) is 32.5. The molecule has 0 aromatic carbocycles. The van der Waals surface area contributed by atoms with Crippen molar-refractivity contribution in [2.75, 3.05) is 0 Å². The van der Waals surface area contributed by atoms with Crippen LogP contribution in [0.25, 0.3) is 0 Å². The minimum absolute atomic E-state index is 0.130. The molecule has 0 aromatic heterocycles. The van der Waals surface area contributed by atoms with Gasteiger partial charge in [0.15, 0.2) is 0 Å². The van der Waals surface area contributed by atoms with Crippen LogP contribution in [0.15, 0.2) is 0 Å². The Labute approximate surface area is 100 Å². The summed E-state index contributed by atoms with van der Waals surface area (Å²) < 4.78 is 37.9. The monoisotopic (exact) mass is 250 g/mol. The molecule has 2 aliphatic carbocycles. The molecule has 1 N–H and O–H groups in total. The second kappa shape index (κ2) is 5.17. The van der Waals surface area contributed by atoms with E-state index in [4.69, 9.17) is 0 Å². The van der Waals surface area contributed by atoms with E-state index in [0.717, 1.165) is 18.8 Å². The largest absolute Gasteiger partial charge is 0.393 e. The molecule has 1 nitrogen and oxygen atoms in total. The summed E-state index contributed by atoms with van der Waals surface area (Å²) in [5.41, 5.74) is 0. The Morgan fingerprint density at radius 2 is 1.82 bits per heavy atom. The second-order valence-electron chi connectivity index (χ2n) is 5.75. The molecule has 0 aliphatic heterocycles. The van der Waals surface area contributed by atoms with Crippen LogP contribution in [-0.4, -0.2) is 17.4 Å². The topological polar surface area (TPSA) is 20.2 Å². The van der Waals surface area contributed by atoms with Crippen LogP contribution >= 0.6 is 0 Å². The van der Waals surface area contributed by atoms with Gasteiger partial charge in [0.25, 0.3) is 0 Å². The lowest BCUT2D eigenvalue weighted by molar-refractivity contribution is -0.188. The maximum Gasteiger partial charge on any atom is 0.391 e. The molecule has 0 radical (unpaired) electrons. The van der Waals surface area contributed by atoms with Crippen molar-refractivity contribution in [3.63, 3.8) is 0 Å². The third-order valence-corrected chi connectivity index (χ3v) is 4.29. The van der Waals surface area contributed by atoms with Gasteiger partial charge in [0.1, 0.15) is 0 Å². The molecule has 0 saturated heterocycles. The molecule has 17 heavy (non-hydrogen) atoms. The number of hydrogen-bond acceptors (Lipinski definition) is 1. The first kappa shape index (κ1) is 13.2. The predicted molar refractivity (Wildman–Crippen MR) is 59.5 cm³/mol. The molecule has 4 heteroatoms. The summed E-state index contributed by atoms with van der Waals surface area (Å²) in [5.74, 6) is -0.572. The fourth-order valence-electron chi connectivity index (χ4n) is 2.92. The SMILES string of the molecule is OC(CCC1CC1)C1CCCC(C(F)(F)F)C1. The van der Waals surface area contributed by atoms with E-state index in [1.165, 1.54) is 12.8 Å². The first-order chi connectivity index (χ1) is 7.97. The van der Waals surface area contributed by atoms with E-state index in [9.17, 15) is 18.3 Å². The third-order valence-electron chi connectivity index (χ3n) is 4.29. The van der Waals surface area contributed by atoms with Gasteiger partial charge in [-0.3, -0.25) is 0 Å². The molecule has 2 rings (SSSR count). The molecule has 2 saturated carbocycles. The fraction of sp³-hybridized carbons (Fsp3) is 1.00. The van der Waals surface area contributed by atoms with E-state index in [2.05, 4.69) is 0 Å². The van der Waals surface area contributed by atoms with Gasteiger partial charge < -0.3 is 5.11 Å². The first-order valence-corrected chi connectivity index (χ1v) is 6.71. The van der Waals surface area contributed by atoms with Crippen LogP contribution in [0, 0.1) is 17.8 Å². The molecule has 0 spiro atoms. The number of alkyl halides is 3. The van der Waals surface area contributed by atoms with Gasteiger partial charge in [-0.05, 0) is 43.9 Å². The molecule has 2 fully saturated rings. The third kappa shape index (κ3) is 3.87. The fourth-order valence-corrected chi connectivity index (χ4v) is 2.92. The van der Waals surface area contributed by atoms with Crippen LogP contribution in [0.5, 0.6) is 0 Å². The van der Waals surface area contributed by atoms with Gasteiger partial charge >= 0.3 is 6.18 Å². The molecule has 2 aliphatic rings. The van der Waals surface area contributed by atoms with Crippen LogP contribution in [0.2, 0.25) is 0 Å². The lowest BCUT2D eigenvalue weighted by Crippen LogP contribution is -2.33. The van der Waals surface area contributed by atoms with Crippen molar-refractivity contribution in [1.82, 2.24) is 0 Å². The maximum absolute atomic E-state index is 12.6. The average Bonchev–Trinajstić information content (AvgIpc) is 3.09. The highest BCUT2D eigenvalue weighted by Gasteiger charge is 2.43. The quantitative estimate of drug-likeness (QED) is 0.802. The van der Waals surface area contributed by atoms with Gasteiger partial charge in [-0.25, -0.2) is 0 Å². The zero-order chi connectivity index (χ0) is 12.5. The van der Waals surface area contributed by atoms with E-state index >= 15 is 0 Å². The van der Waals surface area contributed by atoms with Crippen LogP contribution in [0.4, 0.5) is 13.2 Å². The van der Waals surface area contributed by atoms with Crippen molar-refractivity contribution in [2.45, 2.75) is 63.6 Å². The number of hydrogen-bond donors (Lipinski definition) is 1. The summed E-state index contributed by atoms with van der Waals surface area (Å²) in [5, 5.41) is 9.97. The highest BCUT2D eigenvalue weighted by molar-refractivity contribution is 4.83. The summed E-state index contributed by atoms with van der Waals surface area (Å²) in [6.07, 6.45) is 1.33. The van der Waals surface area contributed by atoms with Crippen LogP contribution in [-0.2, 0) is 0 Å².